The first-order valence-corrected chi connectivity index (χ1v) is 9.61. The summed E-state index contributed by atoms with van der Waals surface area (Å²) in [6.45, 7) is 4.33. The number of morpholine rings is 1. The second-order valence-corrected chi connectivity index (χ2v) is 7.23. The van der Waals surface area contributed by atoms with Crippen LogP contribution in [0.3, 0.4) is 0 Å². The molecule has 0 aromatic heterocycles. The minimum atomic E-state index is -1.19. The number of carbonyl (C=O) groups excluding carboxylic acids is 2. The third-order valence-corrected chi connectivity index (χ3v) is 5.06. The number of amides is 2. The number of nitrogens with zero attached hydrogens (tertiary/aromatic N) is 1. The second-order valence-electron chi connectivity index (χ2n) is 7.23. The average Bonchev–Trinajstić information content (AvgIpc) is 2.72. The van der Waals surface area contributed by atoms with Crippen molar-refractivity contribution in [2.24, 2.45) is 5.73 Å². The minimum absolute atomic E-state index is 0.0494. The van der Waals surface area contributed by atoms with E-state index in [-0.39, 0.29) is 12.0 Å². The van der Waals surface area contributed by atoms with Gasteiger partial charge < -0.3 is 35.6 Å². The van der Waals surface area contributed by atoms with Crippen molar-refractivity contribution in [3.8, 4) is 5.75 Å². The summed E-state index contributed by atoms with van der Waals surface area (Å²) in [5, 5.41) is 23.0. The third kappa shape index (κ3) is 5.26. The fraction of sp³-hybridized carbons (Fsp3) is 0.500. The predicted octanol–water partition coefficient (Wildman–Crippen LogP) is -0.687. The second kappa shape index (κ2) is 9.25. The Labute approximate surface area is 169 Å². The molecule has 1 heterocycles. The molecule has 2 amide bonds. The number of nitrogens with two attached hydrogens (primary N) is 1. The van der Waals surface area contributed by atoms with Crippen LogP contribution in [0, 0.1) is 0 Å². The maximum atomic E-state index is 12.4. The SMILES string of the molecule is CC(NC(=O)C1=CC(Oc2cccc(N3CCOCC3)c2)C(O)C(O)C1)C(N)=O. The van der Waals surface area contributed by atoms with Gasteiger partial charge in [0.25, 0.3) is 0 Å². The molecule has 158 valence electrons. The summed E-state index contributed by atoms with van der Waals surface area (Å²) in [7, 11) is 0. The number of aliphatic hydroxyl groups excluding tert-OH is 2. The molecule has 1 saturated heterocycles. The van der Waals surface area contributed by atoms with Gasteiger partial charge in [0.2, 0.25) is 11.8 Å². The first-order valence-electron chi connectivity index (χ1n) is 9.61. The molecule has 1 aromatic rings. The Morgan fingerprint density at radius 2 is 2.03 bits per heavy atom. The van der Waals surface area contributed by atoms with E-state index in [1.165, 1.54) is 13.0 Å². The van der Waals surface area contributed by atoms with E-state index < -0.39 is 36.2 Å². The predicted molar refractivity (Wildman–Crippen MR) is 105 cm³/mol. The van der Waals surface area contributed by atoms with Crippen molar-refractivity contribution in [2.75, 3.05) is 31.2 Å². The molecule has 5 N–H and O–H groups in total. The summed E-state index contributed by atoms with van der Waals surface area (Å²) in [5.74, 6) is -0.686. The number of benzene rings is 1. The van der Waals surface area contributed by atoms with Gasteiger partial charge in [0.15, 0.2) is 0 Å². The zero-order valence-electron chi connectivity index (χ0n) is 16.3. The van der Waals surface area contributed by atoms with E-state index in [9.17, 15) is 19.8 Å². The Balaban J connectivity index is 1.74. The lowest BCUT2D eigenvalue weighted by molar-refractivity contribution is -0.125. The largest absolute Gasteiger partial charge is 0.483 e. The Bertz CT molecular complexity index is 777. The van der Waals surface area contributed by atoms with E-state index in [4.69, 9.17) is 15.2 Å². The fourth-order valence-corrected chi connectivity index (χ4v) is 3.29. The Kier molecular flexibility index (Phi) is 6.73. The van der Waals surface area contributed by atoms with Crippen LogP contribution in [-0.2, 0) is 14.3 Å². The first kappa shape index (κ1) is 21.1. The van der Waals surface area contributed by atoms with Gasteiger partial charge in [0.1, 0.15) is 24.0 Å². The monoisotopic (exact) mass is 405 g/mol. The molecule has 4 atom stereocenters. The number of ether oxygens (including phenoxy) is 2. The normalized spacial score (nSPS) is 25.7. The molecule has 2 aliphatic rings. The molecular formula is C20H27N3O6. The maximum Gasteiger partial charge on any atom is 0.247 e. The van der Waals surface area contributed by atoms with Crippen LogP contribution in [-0.4, -0.2) is 72.7 Å². The van der Waals surface area contributed by atoms with Crippen LogP contribution in [0.5, 0.6) is 5.75 Å². The Hall–Kier alpha value is -2.62. The van der Waals surface area contributed by atoms with E-state index in [1.54, 1.807) is 6.07 Å². The molecule has 1 fully saturated rings. The summed E-state index contributed by atoms with van der Waals surface area (Å²) in [4.78, 5) is 25.7. The van der Waals surface area contributed by atoms with Gasteiger partial charge in [0, 0.05) is 36.8 Å². The van der Waals surface area contributed by atoms with Crippen molar-refractivity contribution < 1.29 is 29.3 Å². The molecule has 0 bridgehead atoms. The van der Waals surface area contributed by atoms with Crippen LogP contribution >= 0.6 is 0 Å². The van der Waals surface area contributed by atoms with Crippen LogP contribution in [0.1, 0.15) is 13.3 Å². The number of hydrogen-bond acceptors (Lipinski definition) is 7. The number of nitrogens with one attached hydrogen (secondary N) is 1. The smallest absolute Gasteiger partial charge is 0.247 e. The average molecular weight is 405 g/mol. The quantitative estimate of drug-likeness (QED) is 0.492. The number of carbonyl (C=O) groups is 2. The van der Waals surface area contributed by atoms with Gasteiger partial charge >= 0.3 is 0 Å². The third-order valence-electron chi connectivity index (χ3n) is 5.06. The lowest BCUT2D eigenvalue weighted by Crippen LogP contribution is -2.47. The van der Waals surface area contributed by atoms with E-state index in [0.29, 0.717) is 19.0 Å². The zero-order valence-corrected chi connectivity index (χ0v) is 16.3. The van der Waals surface area contributed by atoms with E-state index in [1.807, 2.05) is 18.2 Å². The molecule has 1 aromatic carbocycles. The highest BCUT2D eigenvalue weighted by Gasteiger charge is 2.34. The zero-order chi connectivity index (χ0) is 21.0. The number of rotatable bonds is 6. The van der Waals surface area contributed by atoms with Crippen LogP contribution in [0.4, 0.5) is 5.69 Å². The highest BCUT2D eigenvalue weighted by atomic mass is 16.5. The summed E-state index contributed by atoms with van der Waals surface area (Å²) in [6, 6.07) is 6.56. The summed E-state index contributed by atoms with van der Waals surface area (Å²) in [6.07, 6.45) is -1.85. The Morgan fingerprint density at radius 1 is 1.31 bits per heavy atom. The highest BCUT2D eigenvalue weighted by Crippen LogP contribution is 2.27. The van der Waals surface area contributed by atoms with Crippen molar-refractivity contribution in [2.45, 2.75) is 37.7 Å². The van der Waals surface area contributed by atoms with E-state index >= 15 is 0 Å². The lowest BCUT2D eigenvalue weighted by Gasteiger charge is -2.32. The minimum Gasteiger partial charge on any atom is -0.483 e. The summed E-state index contributed by atoms with van der Waals surface area (Å²) >= 11 is 0. The van der Waals surface area contributed by atoms with E-state index in [0.717, 1.165) is 18.8 Å². The van der Waals surface area contributed by atoms with Crippen LogP contribution < -0.4 is 20.7 Å². The van der Waals surface area contributed by atoms with Crippen molar-refractivity contribution in [1.29, 1.82) is 0 Å². The van der Waals surface area contributed by atoms with Crippen molar-refractivity contribution in [3.05, 3.63) is 35.9 Å². The molecule has 4 unspecified atom stereocenters. The number of primary amides is 1. The molecule has 9 heteroatoms. The van der Waals surface area contributed by atoms with Crippen LogP contribution in [0.2, 0.25) is 0 Å². The number of hydrogen-bond donors (Lipinski definition) is 4. The molecule has 3 rings (SSSR count). The van der Waals surface area contributed by atoms with Gasteiger partial charge in [-0.3, -0.25) is 9.59 Å². The standard InChI is InChI=1S/C20H27N3O6/c1-12(19(21)26)22-20(27)13-9-16(24)18(25)17(10-13)29-15-4-2-3-14(11-15)23-5-7-28-8-6-23/h2-4,10-12,16-18,24-25H,5-9H2,1H3,(H2,21,26)(H,22,27). The molecular weight excluding hydrogens is 378 g/mol. The molecule has 1 aliphatic heterocycles. The van der Waals surface area contributed by atoms with Crippen molar-refractivity contribution in [1.82, 2.24) is 5.32 Å². The van der Waals surface area contributed by atoms with Gasteiger partial charge in [-0.25, -0.2) is 0 Å². The molecule has 0 spiro atoms. The fourth-order valence-electron chi connectivity index (χ4n) is 3.29. The highest BCUT2D eigenvalue weighted by molar-refractivity contribution is 5.96. The van der Waals surface area contributed by atoms with Crippen LogP contribution in [0.15, 0.2) is 35.9 Å². The molecule has 9 nitrogen and oxygen atoms in total. The van der Waals surface area contributed by atoms with Crippen molar-refractivity contribution >= 4 is 17.5 Å². The van der Waals surface area contributed by atoms with Gasteiger partial charge in [0.05, 0.1) is 19.3 Å². The number of aliphatic hydroxyl groups is 2. The topological polar surface area (TPSA) is 134 Å². The summed E-state index contributed by atoms with van der Waals surface area (Å²) < 4.78 is 11.3. The molecule has 1 aliphatic carbocycles. The molecule has 29 heavy (non-hydrogen) atoms. The molecule has 0 saturated carbocycles. The number of anilines is 1. The Morgan fingerprint density at radius 3 is 2.72 bits per heavy atom. The van der Waals surface area contributed by atoms with Gasteiger partial charge in [-0.1, -0.05) is 6.07 Å². The van der Waals surface area contributed by atoms with Gasteiger partial charge in [-0.15, -0.1) is 0 Å². The molecule has 0 radical (unpaired) electrons. The van der Waals surface area contributed by atoms with Gasteiger partial charge in [-0.2, -0.15) is 0 Å². The van der Waals surface area contributed by atoms with Gasteiger partial charge in [-0.05, 0) is 25.1 Å². The first-order chi connectivity index (χ1) is 13.8. The van der Waals surface area contributed by atoms with Crippen LogP contribution in [0.25, 0.3) is 0 Å². The maximum absolute atomic E-state index is 12.4. The lowest BCUT2D eigenvalue weighted by atomic mass is 9.91. The summed E-state index contributed by atoms with van der Waals surface area (Å²) in [5.41, 5.74) is 6.36. The van der Waals surface area contributed by atoms with E-state index in [2.05, 4.69) is 10.2 Å². The van der Waals surface area contributed by atoms with Crippen molar-refractivity contribution in [3.63, 3.8) is 0 Å².